The van der Waals surface area contributed by atoms with Gasteiger partial charge in [-0.25, -0.2) is 4.79 Å². The fraction of sp³-hybridized carbons (Fsp3) is 0.167. The van der Waals surface area contributed by atoms with Gasteiger partial charge in [0.05, 0.1) is 0 Å². The number of hydrogen-bond acceptors (Lipinski definition) is 3. The molecule has 2 aromatic rings. The van der Waals surface area contributed by atoms with Crippen LogP contribution in [-0.4, -0.2) is 16.2 Å². The second-order valence-corrected chi connectivity index (χ2v) is 5.09. The van der Waals surface area contributed by atoms with Gasteiger partial charge in [-0.3, -0.25) is 0 Å². The number of aliphatic hydroxyl groups is 1. The summed E-state index contributed by atoms with van der Waals surface area (Å²) >= 11 is 0. The van der Waals surface area contributed by atoms with E-state index in [0.29, 0.717) is 12.2 Å². The molecule has 0 heterocycles. The van der Waals surface area contributed by atoms with E-state index < -0.39 is 11.7 Å². The molecule has 0 fully saturated rings. The maximum atomic E-state index is 10.7. The van der Waals surface area contributed by atoms with Gasteiger partial charge in [-0.15, -0.1) is 0 Å². The third kappa shape index (κ3) is 3.88. The Morgan fingerprint density at radius 3 is 2.23 bits per heavy atom. The zero-order valence-corrected chi connectivity index (χ0v) is 12.5. The van der Waals surface area contributed by atoms with E-state index in [1.165, 1.54) is 6.08 Å². The quantitative estimate of drug-likeness (QED) is 0.649. The maximum Gasteiger partial charge on any atom is 0.370 e. The van der Waals surface area contributed by atoms with E-state index in [1.54, 1.807) is 12.1 Å². The Hall–Kier alpha value is -2.75. The fourth-order valence-corrected chi connectivity index (χ4v) is 2.24. The van der Waals surface area contributed by atoms with Crippen LogP contribution >= 0.6 is 0 Å². The molecule has 114 valence electrons. The Bertz CT molecular complexity index is 679. The number of carboxylic acid groups (broad SMARTS) is 1. The van der Waals surface area contributed by atoms with Crippen molar-refractivity contribution >= 4 is 12.0 Å². The van der Waals surface area contributed by atoms with Crippen molar-refractivity contribution in [1.29, 1.82) is 0 Å². The highest BCUT2D eigenvalue weighted by Crippen LogP contribution is 2.26. The minimum absolute atomic E-state index is 0.470. The number of hydrogen-bond donors (Lipinski definition) is 2. The Balaban J connectivity index is 2.20. The molecule has 2 rings (SSSR count). The van der Waals surface area contributed by atoms with Gasteiger partial charge in [0.15, 0.2) is 0 Å². The second-order valence-electron chi connectivity index (χ2n) is 5.09. The molecular weight excluding hydrogens is 280 g/mol. The average Bonchev–Trinajstić information content (AvgIpc) is 2.47. The molecule has 0 bridgehead atoms. The lowest BCUT2D eigenvalue weighted by Gasteiger charge is -2.13. The number of carbonyl (C=O) groups is 1. The van der Waals surface area contributed by atoms with E-state index >= 15 is 0 Å². The number of ether oxygens (including phenoxy) is 1. The summed E-state index contributed by atoms with van der Waals surface area (Å²) in [6, 6.07) is 13.4. The standard InChI is InChI=1S/C18H18O4/c1-12-8-15(10-16(19)18(20)21)9-13(2)17(12)22-11-14-6-4-3-5-7-14/h3-10,19H,11H2,1-2H3,(H,20,21). The van der Waals surface area contributed by atoms with Crippen molar-refractivity contribution in [2.45, 2.75) is 20.5 Å². The third-order valence-corrected chi connectivity index (χ3v) is 3.23. The van der Waals surface area contributed by atoms with Gasteiger partial charge >= 0.3 is 5.97 Å². The summed E-state index contributed by atoms with van der Waals surface area (Å²) in [7, 11) is 0. The first kappa shape index (κ1) is 15.6. The first-order valence-corrected chi connectivity index (χ1v) is 6.89. The Kier molecular flexibility index (Phi) is 4.84. The highest BCUT2D eigenvalue weighted by atomic mass is 16.5. The first-order valence-electron chi connectivity index (χ1n) is 6.89. The number of aliphatic carboxylic acids is 1. The van der Waals surface area contributed by atoms with Gasteiger partial charge in [-0.1, -0.05) is 30.3 Å². The topological polar surface area (TPSA) is 66.8 Å². The van der Waals surface area contributed by atoms with Gasteiger partial charge in [-0.2, -0.15) is 0 Å². The van der Waals surface area contributed by atoms with E-state index in [0.717, 1.165) is 22.4 Å². The van der Waals surface area contributed by atoms with Crippen LogP contribution in [0.3, 0.4) is 0 Å². The average molecular weight is 298 g/mol. The van der Waals surface area contributed by atoms with E-state index in [-0.39, 0.29) is 0 Å². The summed E-state index contributed by atoms with van der Waals surface area (Å²) in [6.45, 7) is 4.25. The number of benzene rings is 2. The molecule has 0 saturated heterocycles. The van der Waals surface area contributed by atoms with Crippen LogP contribution in [0.15, 0.2) is 48.2 Å². The van der Waals surface area contributed by atoms with Crippen molar-refractivity contribution in [3.63, 3.8) is 0 Å². The van der Waals surface area contributed by atoms with E-state index in [4.69, 9.17) is 9.84 Å². The van der Waals surface area contributed by atoms with Crippen molar-refractivity contribution in [2.75, 3.05) is 0 Å². The minimum atomic E-state index is -1.35. The van der Waals surface area contributed by atoms with Crippen molar-refractivity contribution in [1.82, 2.24) is 0 Å². The monoisotopic (exact) mass is 298 g/mol. The molecule has 22 heavy (non-hydrogen) atoms. The number of rotatable bonds is 5. The molecule has 2 aromatic carbocycles. The van der Waals surface area contributed by atoms with Gasteiger partial charge < -0.3 is 14.9 Å². The van der Waals surface area contributed by atoms with Crippen molar-refractivity contribution in [3.8, 4) is 5.75 Å². The molecule has 0 radical (unpaired) electrons. The van der Waals surface area contributed by atoms with Crippen LogP contribution in [0.25, 0.3) is 6.08 Å². The molecule has 0 aliphatic heterocycles. The highest BCUT2D eigenvalue weighted by molar-refractivity contribution is 5.89. The van der Waals surface area contributed by atoms with Crippen LogP contribution in [0.5, 0.6) is 5.75 Å². The molecule has 0 unspecified atom stereocenters. The molecule has 0 aliphatic carbocycles. The molecule has 4 heteroatoms. The smallest absolute Gasteiger partial charge is 0.370 e. The van der Waals surface area contributed by atoms with Crippen LogP contribution in [-0.2, 0) is 11.4 Å². The molecule has 0 saturated carbocycles. The molecule has 0 amide bonds. The van der Waals surface area contributed by atoms with Crippen molar-refractivity contribution < 1.29 is 19.7 Å². The van der Waals surface area contributed by atoms with Crippen molar-refractivity contribution in [2.24, 2.45) is 0 Å². The van der Waals surface area contributed by atoms with Gasteiger partial charge in [0.25, 0.3) is 0 Å². The first-order chi connectivity index (χ1) is 10.5. The van der Waals surface area contributed by atoms with Gasteiger partial charge in [0.1, 0.15) is 12.4 Å². The Labute approximate surface area is 129 Å². The summed E-state index contributed by atoms with van der Waals surface area (Å²) in [6.07, 6.45) is 1.23. The van der Waals surface area contributed by atoms with Crippen LogP contribution in [0, 0.1) is 13.8 Å². The van der Waals surface area contributed by atoms with Crippen LogP contribution in [0.1, 0.15) is 22.3 Å². The summed E-state index contributed by atoms with van der Waals surface area (Å²) in [5.74, 6) is -1.26. The summed E-state index contributed by atoms with van der Waals surface area (Å²) in [5, 5.41) is 18.0. The summed E-state index contributed by atoms with van der Waals surface area (Å²) < 4.78 is 5.86. The lowest BCUT2D eigenvalue weighted by Crippen LogP contribution is -2.01. The summed E-state index contributed by atoms with van der Waals surface area (Å²) in [4.78, 5) is 10.7. The van der Waals surface area contributed by atoms with Crippen molar-refractivity contribution in [3.05, 3.63) is 70.5 Å². The SMILES string of the molecule is Cc1cc(C=C(O)C(=O)O)cc(C)c1OCc1ccccc1. The number of carboxylic acids is 1. The molecule has 0 spiro atoms. The van der Waals surface area contributed by atoms with E-state index in [2.05, 4.69) is 0 Å². The molecule has 0 aromatic heterocycles. The van der Waals surface area contributed by atoms with Crippen LogP contribution < -0.4 is 4.74 Å². The largest absolute Gasteiger partial charge is 0.502 e. The fourth-order valence-electron chi connectivity index (χ4n) is 2.24. The van der Waals surface area contributed by atoms with Crippen LogP contribution in [0.2, 0.25) is 0 Å². The second kappa shape index (κ2) is 6.80. The highest BCUT2D eigenvalue weighted by Gasteiger charge is 2.09. The predicted molar refractivity (Wildman–Crippen MR) is 84.9 cm³/mol. The third-order valence-electron chi connectivity index (χ3n) is 3.23. The lowest BCUT2D eigenvalue weighted by molar-refractivity contribution is -0.135. The van der Waals surface area contributed by atoms with E-state index in [1.807, 2.05) is 44.2 Å². The maximum absolute atomic E-state index is 10.7. The number of aryl methyl sites for hydroxylation is 2. The zero-order chi connectivity index (χ0) is 16.1. The Morgan fingerprint density at radius 2 is 1.68 bits per heavy atom. The molecule has 0 aliphatic rings. The summed E-state index contributed by atoms with van der Waals surface area (Å²) in [5.41, 5.74) is 3.48. The molecule has 4 nitrogen and oxygen atoms in total. The molecule has 2 N–H and O–H groups in total. The number of aliphatic hydroxyl groups excluding tert-OH is 1. The van der Waals surface area contributed by atoms with Gasteiger partial charge in [0.2, 0.25) is 5.76 Å². The minimum Gasteiger partial charge on any atom is -0.502 e. The zero-order valence-electron chi connectivity index (χ0n) is 12.5. The molecule has 0 atom stereocenters. The normalized spacial score (nSPS) is 11.3. The van der Waals surface area contributed by atoms with E-state index in [9.17, 15) is 9.90 Å². The lowest BCUT2D eigenvalue weighted by atomic mass is 10.0. The predicted octanol–water partition coefficient (Wildman–Crippen LogP) is 3.87. The van der Waals surface area contributed by atoms with Crippen LogP contribution in [0.4, 0.5) is 0 Å². The Morgan fingerprint density at radius 1 is 1.09 bits per heavy atom. The van der Waals surface area contributed by atoms with Gasteiger partial charge in [0, 0.05) is 0 Å². The van der Waals surface area contributed by atoms with Gasteiger partial charge in [-0.05, 0) is 54.3 Å². The molecular formula is C18H18O4.